The zero-order valence-corrected chi connectivity index (χ0v) is 17.0. The zero-order chi connectivity index (χ0) is 22.5. The lowest BCUT2D eigenvalue weighted by molar-refractivity contribution is -0.141. The van der Waals surface area contributed by atoms with Crippen molar-refractivity contribution in [3.63, 3.8) is 0 Å². The van der Waals surface area contributed by atoms with Crippen LogP contribution in [0.2, 0.25) is 10.0 Å². The van der Waals surface area contributed by atoms with Gasteiger partial charge in [-0.1, -0.05) is 23.2 Å². The number of carboxylic acid groups (broad SMARTS) is 1. The summed E-state index contributed by atoms with van der Waals surface area (Å²) in [5, 5.41) is 12.5. The fourth-order valence-corrected chi connectivity index (χ4v) is 4.03. The van der Waals surface area contributed by atoms with Gasteiger partial charge in [0.1, 0.15) is 5.82 Å². The first-order valence-electron chi connectivity index (χ1n) is 8.85. The van der Waals surface area contributed by atoms with Crippen LogP contribution in [0.3, 0.4) is 0 Å². The van der Waals surface area contributed by atoms with Gasteiger partial charge < -0.3 is 10.4 Å². The lowest BCUT2D eigenvalue weighted by atomic mass is 10.1. The number of nitrogens with zero attached hydrogens (tertiary/aromatic N) is 3. The first-order chi connectivity index (χ1) is 14.5. The van der Waals surface area contributed by atoms with Crippen LogP contribution in [0, 0.1) is 0 Å². The van der Waals surface area contributed by atoms with Crippen molar-refractivity contribution in [2.75, 3.05) is 11.9 Å². The predicted molar refractivity (Wildman–Crippen MR) is 107 cm³/mol. The maximum absolute atomic E-state index is 12.9. The summed E-state index contributed by atoms with van der Waals surface area (Å²) in [5.74, 6) is -0.886. The monoisotopic (exact) mass is 472 g/mol. The van der Waals surface area contributed by atoms with Crippen LogP contribution < -0.4 is 5.32 Å². The van der Waals surface area contributed by atoms with Gasteiger partial charge in [-0.2, -0.15) is 13.2 Å². The normalized spacial score (nSPS) is 14.1. The van der Waals surface area contributed by atoms with Gasteiger partial charge in [-0.25, -0.2) is 14.3 Å². The van der Waals surface area contributed by atoms with E-state index in [1.807, 2.05) is 0 Å². The van der Waals surface area contributed by atoms with Gasteiger partial charge in [-0.3, -0.25) is 9.69 Å². The maximum Gasteiger partial charge on any atom is 0.434 e. The van der Waals surface area contributed by atoms with E-state index in [9.17, 15) is 27.9 Å². The summed E-state index contributed by atoms with van der Waals surface area (Å²) < 4.78 is 40.0. The van der Waals surface area contributed by atoms with Gasteiger partial charge in [-0.05, 0) is 35.9 Å². The Bertz CT molecular complexity index is 1230. The fraction of sp³-hybridized carbons (Fsp3) is 0.211. The van der Waals surface area contributed by atoms with Crippen molar-refractivity contribution in [3.05, 3.63) is 57.3 Å². The average Bonchev–Trinajstić information content (AvgIpc) is 3.18. The van der Waals surface area contributed by atoms with Crippen LogP contribution in [0.1, 0.15) is 17.0 Å². The fourth-order valence-electron chi connectivity index (χ4n) is 3.64. The van der Waals surface area contributed by atoms with E-state index >= 15 is 0 Å². The molecule has 0 aliphatic carbocycles. The van der Waals surface area contributed by atoms with Crippen LogP contribution in [0.4, 0.5) is 23.8 Å². The summed E-state index contributed by atoms with van der Waals surface area (Å²) in [5.41, 5.74) is 0.452. The smallest absolute Gasteiger partial charge is 0.434 e. The number of carbonyl (C=O) groups is 2. The molecule has 162 valence electrons. The lowest BCUT2D eigenvalue weighted by Gasteiger charge is -2.16. The second kappa shape index (κ2) is 7.70. The number of alkyl halides is 3. The average molecular weight is 473 g/mol. The van der Waals surface area contributed by atoms with Crippen LogP contribution in [0.15, 0.2) is 30.3 Å². The number of pyridine rings is 1. The first-order valence-corrected chi connectivity index (χ1v) is 9.61. The highest BCUT2D eigenvalue weighted by Gasteiger charge is 2.36. The zero-order valence-electron chi connectivity index (χ0n) is 15.5. The molecule has 3 aromatic rings. The van der Waals surface area contributed by atoms with Gasteiger partial charge in [0.05, 0.1) is 17.1 Å². The van der Waals surface area contributed by atoms with Crippen molar-refractivity contribution >= 4 is 51.9 Å². The number of hydrogen-bond acceptors (Lipinski definition) is 4. The number of carbonyl (C=O) groups excluding carboxylic acids is 1. The van der Waals surface area contributed by atoms with Crippen molar-refractivity contribution in [2.45, 2.75) is 19.3 Å². The third-order valence-electron chi connectivity index (χ3n) is 4.84. The molecular formula is C19H13Cl2F3N4O3. The summed E-state index contributed by atoms with van der Waals surface area (Å²) in [7, 11) is 0. The standard InChI is InChI=1S/C19H13Cl2F3N4O3/c20-9-1-3-13-10(5-9)11-6-27(7-14(11)28(13)18(30)31)8-16(29)25-15-4-2-12(21)17(26-15)19(22,23)24/h1-5H,6-8H2,(H,30,31)(H,25,26,29). The Hall–Kier alpha value is -2.82. The van der Waals surface area contributed by atoms with Crippen molar-refractivity contribution in [2.24, 2.45) is 0 Å². The molecule has 7 nitrogen and oxygen atoms in total. The van der Waals surface area contributed by atoms with Crippen LogP contribution in [-0.2, 0) is 24.1 Å². The number of halogens is 5. The number of rotatable bonds is 3. The van der Waals surface area contributed by atoms with E-state index in [2.05, 4.69) is 10.3 Å². The summed E-state index contributed by atoms with van der Waals surface area (Å²) in [6.45, 7) is 0.271. The minimum absolute atomic E-state index is 0.170. The Morgan fingerprint density at radius 3 is 2.58 bits per heavy atom. The van der Waals surface area contributed by atoms with Crippen molar-refractivity contribution in [3.8, 4) is 0 Å². The van der Waals surface area contributed by atoms with E-state index in [-0.39, 0.29) is 25.5 Å². The van der Waals surface area contributed by atoms with Crippen LogP contribution in [-0.4, -0.2) is 38.1 Å². The molecule has 4 rings (SSSR count). The number of benzene rings is 1. The SMILES string of the molecule is O=C(CN1Cc2c(n(C(=O)O)c3ccc(Cl)cc23)C1)Nc1ccc(Cl)c(C(F)(F)F)n1. The molecule has 0 bridgehead atoms. The molecule has 3 heterocycles. The Balaban J connectivity index is 1.52. The summed E-state index contributed by atoms with van der Waals surface area (Å²) >= 11 is 11.6. The largest absolute Gasteiger partial charge is 0.464 e. The van der Waals surface area contributed by atoms with E-state index < -0.39 is 28.9 Å². The Kier molecular flexibility index (Phi) is 5.32. The minimum Gasteiger partial charge on any atom is -0.464 e. The van der Waals surface area contributed by atoms with Crippen molar-refractivity contribution in [1.29, 1.82) is 0 Å². The molecule has 0 unspecified atom stereocenters. The molecule has 1 aliphatic heterocycles. The minimum atomic E-state index is -4.76. The molecule has 31 heavy (non-hydrogen) atoms. The quantitative estimate of drug-likeness (QED) is 0.569. The van der Waals surface area contributed by atoms with Gasteiger partial charge in [0.25, 0.3) is 0 Å². The number of nitrogens with one attached hydrogen (secondary N) is 1. The van der Waals surface area contributed by atoms with E-state index in [0.717, 1.165) is 16.2 Å². The van der Waals surface area contributed by atoms with Crippen molar-refractivity contribution < 1.29 is 27.9 Å². The number of anilines is 1. The van der Waals surface area contributed by atoms with Gasteiger partial charge in [0.15, 0.2) is 5.69 Å². The number of hydrogen-bond donors (Lipinski definition) is 2. The Morgan fingerprint density at radius 2 is 1.90 bits per heavy atom. The maximum atomic E-state index is 12.9. The molecular weight excluding hydrogens is 460 g/mol. The highest BCUT2D eigenvalue weighted by atomic mass is 35.5. The van der Waals surface area contributed by atoms with Crippen molar-refractivity contribution in [1.82, 2.24) is 14.5 Å². The molecule has 0 radical (unpaired) electrons. The third-order valence-corrected chi connectivity index (χ3v) is 5.38. The molecule has 0 fully saturated rings. The second-order valence-electron chi connectivity index (χ2n) is 6.92. The number of aromatic nitrogens is 2. The second-order valence-corrected chi connectivity index (χ2v) is 7.77. The lowest BCUT2D eigenvalue weighted by Crippen LogP contribution is -2.30. The van der Waals surface area contributed by atoms with Crippen LogP contribution >= 0.6 is 23.2 Å². The molecule has 1 aliphatic rings. The Morgan fingerprint density at radius 1 is 1.16 bits per heavy atom. The molecule has 2 aromatic heterocycles. The molecule has 1 aromatic carbocycles. The molecule has 0 atom stereocenters. The molecule has 1 amide bonds. The molecule has 0 spiro atoms. The predicted octanol–water partition coefficient (Wildman–Crippen LogP) is 4.84. The van der Waals surface area contributed by atoms with E-state index in [1.54, 1.807) is 23.1 Å². The first kappa shape index (κ1) is 21.4. The summed E-state index contributed by atoms with van der Waals surface area (Å²) in [6, 6.07) is 7.05. The van der Waals surface area contributed by atoms with E-state index in [1.165, 1.54) is 6.07 Å². The Labute approximate surface area is 183 Å². The molecule has 0 saturated heterocycles. The highest BCUT2D eigenvalue weighted by molar-refractivity contribution is 6.31. The van der Waals surface area contributed by atoms with Crippen LogP contribution in [0.5, 0.6) is 0 Å². The van der Waals surface area contributed by atoms with E-state index in [4.69, 9.17) is 23.2 Å². The molecule has 12 heteroatoms. The molecule has 0 saturated carbocycles. The van der Waals surface area contributed by atoms with Gasteiger partial charge >= 0.3 is 12.3 Å². The third kappa shape index (κ3) is 4.06. The summed E-state index contributed by atoms with van der Waals surface area (Å²) in [4.78, 5) is 29.2. The van der Waals surface area contributed by atoms with Gasteiger partial charge in [0, 0.05) is 29.2 Å². The number of fused-ring (bicyclic) bond motifs is 3. The highest BCUT2D eigenvalue weighted by Crippen LogP contribution is 2.35. The molecule has 2 N–H and O–H groups in total. The van der Waals surface area contributed by atoms with Gasteiger partial charge in [-0.15, -0.1) is 0 Å². The summed E-state index contributed by atoms with van der Waals surface area (Å²) in [6.07, 6.45) is -5.92. The topological polar surface area (TPSA) is 87.5 Å². The van der Waals surface area contributed by atoms with Gasteiger partial charge in [0.2, 0.25) is 5.91 Å². The number of amides is 1. The van der Waals surface area contributed by atoms with E-state index in [0.29, 0.717) is 21.6 Å². The van der Waals surface area contributed by atoms with Crippen LogP contribution in [0.25, 0.3) is 10.9 Å².